The lowest BCUT2D eigenvalue weighted by molar-refractivity contribution is 0.0938. The molecule has 0 aliphatic heterocycles. The predicted molar refractivity (Wildman–Crippen MR) is 81.1 cm³/mol. The topological polar surface area (TPSA) is 62.2 Å². The lowest BCUT2D eigenvalue weighted by Gasteiger charge is -2.16. The number of alkyl halides is 1. The van der Waals surface area contributed by atoms with E-state index in [1.807, 2.05) is 30.3 Å². The number of hydrogen-bond acceptors (Lipinski definition) is 3. The summed E-state index contributed by atoms with van der Waals surface area (Å²) in [6, 6.07) is 11.4. The lowest BCUT2D eigenvalue weighted by Crippen LogP contribution is -2.37. The van der Waals surface area contributed by atoms with Gasteiger partial charge in [-0.2, -0.15) is 0 Å². The highest BCUT2D eigenvalue weighted by atomic mass is 79.9. The van der Waals surface area contributed by atoms with E-state index >= 15 is 0 Å². The number of nitrogens with one attached hydrogen (secondary N) is 1. The summed E-state index contributed by atoms with van der Waals surface area (Å²) >= 11 is 3.40. The monoisotopic (exact) mass is 334 g/mol. The fourth-order valence-electron chi connectivity index (χ4n) is 1.88. The van der Waals surface area contributed by atoms with Crippen LogP contribution in [0.3, 0.4) is 0 Å². The van der Waals surface area contributed by atoms with Gasteiger partial charge < -0.3 is 10.4 Å². The molecule has 0 bridgehead atoms. The van der Waals surface area contributed by atoms with Gasteiger partial charge in [-0.05, 0) is 18.1 Å². The second-order valence-corrected chi connectivity index (χ2v) is 5.05. The second-order valence-electron chi connectivity index (χ2n) is 4.41. The molecule has 0 fully saturated rings. The van der Waals surface area contributed by atoms with Crippen molar-refractivity contribution in [1.82, 2.24) is 10.3 Å². The minimum absolute atomic E-state index is 0.0440. The predicted octanol–water partition coefficient (Wildman–Crippen LogP) is 2.52. The molecule has 0 radical (unpaired) electrons. The average Bonchev–Trinajstić information content (AvgIpc) is 2.48. The number of hydrogen-bond donors (Lipinski definition) is 2. The van der Waals surface area contributed by atoms with Crippen molar-refractivity contribution in [3.63, 3.8) is 0 Å². The number of aromatic hydroxyl groups is 1. The van der Waals surface area contributed by atoms with E-state index in [0.29, 0.717) is 5.33 Å². The standard InChI is InChI=1S/C15H15BrN2O2/c16-9-12(8-11-4-2-1-3-5-11)18-15(20)13-6-7-17-10-14(13)19/h1-7,10,12,19H,8-9H2,(H,18,20). The SMILES string of the molecule is O=C(NC(CBr)Cc1ccccc1)c1ccncc1O. The quantitative estimate of drug-likeness (QED) is 0.826. The molecule has 2 aromatic rings. The van der Waals surface area contributed by atoms with Crippen LogP contribution >= 0.6 is 15.9 Å². The average molecular weight is 335 g/mol. The molecule has 1 aromatic carbocycles. The Balaban J connectivity index is 2.03. The molecule has 0 saturated heterocycles. The van der Waals surface area contributed by atoms with Crippen LogP contribution in [-0.4, -0.2) is 27.4 Å². The van der Waals surface area contributed by atoms with Crippen LogP contribution in [0.5, 0.6) is 5.75 Å². The van der Waals surface area contributed by atoms with Crippen LogP contribution in [0, 0.1) is 0 Å². The summed E-state index contributed by atoms with van der Waals surface area (Å²) in [6.07, 6.45) is 3.47. The van der Waals surface area contributed by atoms with Gasteiger partial charge in [0.1, 0.15) is 5.75 Å². The van der Waals surface area contributed by atoms with Gasteiger partial charge in [0, 0.05) is 17.6 Å². The third-order valence-corrected chi connectivity index (χ3v) is 3.67. The lowest BCUT2D eigenvalue weighted by atomic mass is 10.1. The van der Waals surface area contributed by atoms with Crippen molar-refractivity contribution in [3.8, 4) is 5.75 Å². The van der Waals surface area contributed by atoms with Crippen LogP contribution in [-0.2, 0) is 6.42 Å². The van der Waals surface area contributed by atoms with E-state index in [9.17, 15) is 9.90 Å². The molecule has 1 aromatic heterocycles. The number of amides is 1. The van der Waals surface area contributed by atoms with Crippen LogP contribution in [0.4, 0.5) is 0 Å². The number of halogens is 1. The molecule has 1 atom stereocenters. The fourth-order valence-corrected chi connectivity index (χ4v) is 2.27. The molecule has 2 rings (SSSR count). The highest BCUT2D eigenvalue weighted by Crippen LogP contribution is 2.14. The van der Waals surface area contributed by atoms with E-state index in [1.165, 1.54) is 18.5 Å². The Morgan fingerprint density at radius 3 is 2.70 bits per heavy atom. The molecule has 0 spiro atoms. The zero-order chi connectivity index (χ0) is 14.4. The Morgan fingerprint density at radius 1 is 1.30 bits per heavy atom. The highest BCUT2D eigenvalue weighted by Gasteiger charge is 2.15. The molecule has 1 heterocycles. The first kappa shape index (κ1) is 14.5. The van der Waals surface area contributed by atoms with Gasteiger partial charge in [0.25, 0.3) is 5.91 Å². The number of aromatic nitrogens is 1. The van der Waals surface area contributed by atoms with E-state index < -0.39 is 0 Å². The summed E-state index contributed by atoms with van der Waals surface area (Å²) in [5.41, 5.74) is 1.38. The number of pyridine rings is 1. The zero-order valence-corrected chi connectivity index (χ0v) is 12.4. The van der Waals surface area contributed by atoms with Gasteiger partial charge >= 0.3 is 0 Å². The molecule has 20 heavy (non-hydrogen) atoms. The molecule has 5 heteroatoms. The third kappa shape index (κ3) is 3.81. The Morgan fingerprint density at radius 2 is 2.05 bits per heavy atom. The van der Waals surface area contributed by atoms with Crippen LogP contribution in [0.25, 0.3) is 0 Å². The van der Waals surface area contributed by atoms with Gasteiger partial charge in [0.05, 0.1) is 11.8 Å². The first-order valence-corrected chi connectivity index (χ1v) is 7.36. The first-order valence-electron chi connectivity index (χ1n) is 6.24. The molecule has 1 unspecified atom stereocenters. The summed E-state index contributed by atoms with van der Waals surface area (Å²) in [7, 11) is 0. The van der Waals surface area contributed by atoms with Crippen molar-refractivity contribution < 1.29 is 9.90 Å². The van der Waals surface area contributed by atoms with Crippen LogP contribution in [0.2, 0.25) is 0 Å². The van der Waals surface area contributed by atoms with E-state index in [4.69, 9.17) is 0 Å². The van der Waals surface area contributed by atoms with E-state index in [0.717, 1.165) is 12.0 Å². The third-order valence-electron chi connectivity index (χ3n) is 2.89. The molecule has 0 aliphatic rings. The molecular formula is C15H15BrN2O2. The summed E-state index contributed by atoms with van der Waals surface area (Å²) in [5, 5.41) is 13.2. The van der Waals surface area contributed by atoms with E-state index in [2.05, 4.69) is 26.2 Å². The number of rotatable bonds is 5. The number of carbonyl (C=O) groups is 1. The van der Waals surface area contributed by atoms with Crippen LogP contribution < -0.4 is 5.32 Å². The van der Waals surface area contributed by atoms with Crippen molar-refractivity contribution in [2.24, 2.45) is 0 Å². The number of benzene rings is 1. The van der Waals surface area contributed by atoms with Gasteiger partial charge in [0.15, 0.2) is 0 Å². The Kier molecular flexibility index (Phi) is 5.12. The summed E-state index contributed by atoms with van der Waals surface area (Å²) < 4.78 is 0. The minimum atomic E-state index is -0.301. The van der Waals surface area contributed by atoms with Crippen molar-refractivity contribution >= 4 is 21.8 Å². The van der Waals surface area contributed by atoms with Gasteiger partial charge in [0.2, 0.25) is 0 Å². The van der Waals surface area contributed by atoms with Crippen LogP contribution in [0.1, 0.15) is 15.9 Å². The largest absolute Gasteiger partial charge is 0.505 e. The van der Waals surface area contributed by atoms with Gasteiger partial charge in [-0.15, -0.1) is 0 Å². The minimum Gasteiger partial charge on any atom is -0.505 e. The van der Waals surface area contributed by atoms with E-state index in [-0.39, 0.29) is 23.3 Å². The molecule has 104 valence electrons. The highest BCUT2D eigenvalue weighted by molar-refractivity contribution is 9.09. The first-order chi connectivity index (χ1) is 9.70. The normalized spacial score (nSPS) is 11.8. The molecule has 0 saturated carbocycles. The van der Waals surface area contributed by atoms with Gasteiger partial charge in [-0.1, -0.05) is 46.3 Å². The number of carbonyl (C=O) groups excluding carboxylic acids is 1. The molecule has 0 aliphatic carbocycles. The summed E-state index contributed by atoms with van der Waals surface area (Å²) in [6.45, 7) is 0. The summed E-state index contributed by atoms with van der Waals surface area (Å²) in [5.74, 6) is -0.414. The maximum absolute atomic E-state index is 12.1. The Bertz CT molecular complexity index is 575. The summed E-state index contributed by atoms with van der Waals surface area (Å²) in [4.78, 5) is 15.9. The smallest absolute Gasteiger partial charge is 0.255 e. The van der Waals surface area contributed by atoms with Gasteiger partial charge in [-0.3, -0.25) is 9.78 Å². The Hall–Kier alpha value is -1.88. The fraction of sp³-hybridized carbons (Fsp3) is 0.200. The van der Waals surface area contributed by atoms with Crippen LogP contribution in [0.15, 0.2) is 48.8 Å². The Labute approximate surface area is 126 Å². The van der Waals surface area contributed by atoms with Crippen molar-refractivity contribution in [2.75, 3.05) is 5.33 Å². The van der Waals surface area contributed by atoms with Crippen molar-refractivity contribution in [3.05, 3.63) is 59.9 Å². The maximum Gasteiger partial charge on any atom is 0.255 e. The van der Waals surface area contributed by atoms with Gasteiger partial charge in [-0.25, -0.2) is 0 Å². The van der Waals surface area contributed by atoms with Crippen molar-refractivity contribution in [1.29, 1.82) is 0 Å². The molecule has 4 nitrogen and oxygen atoms in total. The van der Waals surface area contributed by atoms with Crippen molar-refractivity contribution in [2.45, 2.75) is 12.5 Å². The van der Waals surface area contributed by atoms with E-state index in [1.54, 1.807) is 0 Å². The number of nitrogens with zero attached hydrogens (tertiary/aromatic N) is 1. The second kappa shape index (κ2) is 7.05. The molecular weight excluding hydrogens is 320 g/mol. The molecule has 1 amide bonds. The maximum atomic E-state index is 12.1. The zero-order valence-electron chi connectivity index (χ0n) is 10.8. The molecule has 2 N–H and O–H groups in total.